The zero-order chi connectivity index (χ0) is 20.2. The van der Waals surface area contributed by atoms with Gasteiger partial charge in [0.15, 0.2) is 5.16 Å². The first kappa shape index (κ1) is 18.8. The smallest absolute Gasteiger partial charge is 0.262 e. The highest BCUT2D eigenvalue weighted by Gasteiger charge is 2.13. The predicted molar refractivity (Wildman–Crippen MR) is 111 cm³/mol. The second-order valence-corrected chi connectivity index (χ2v) is 7.10. The molecule has 4 aromatic rings. The van der Waals surface area contributed by atoms with Crippen molar-refractivity contribution in [2.45, 2.75) is 17.5 Å². The van der Waals surface area contributed by atoms with E-state index < -0.39 is 0 Å². The van der Waals surface area contributed by atoms with Crippen molar-refractivity contribution in [1.29, 1.82) is 5.26 Å². The number of rotatable bonds is 6. The molecule has 0 aliphatic heterocycles. The minimum atomic E-state index is -0.203. The molecule has 0 spiro atoms. The number of aromatic nitrogens is 4. The van der Waals surface area contributed by atoms with Crippen LogP contribution in [0.5, 0.6) is 5.75 Å². The predicted octanol–water partition coefficient (Wildman–Crippen LogP) is 3.41. The Morgan fingerprint density at radius 3 is 2.72 bits per heavy atom. The summed E-state index contributed by atoms with van der Waals surface area (Å²) in [6.45, 7) is -0.0422. The molecule has 0 amide bonds. The van der Waals surface area contributed by atoms with Crippen molar-refractivity contribution in [1.82, 2.24) is 19.1 Å². The first-order valence-electron chi connectivity index (χ1n) is 8.87. The lowest BCUT2D eigenvalue weighted by Crippen LogP contribution is -2.24. The molecular weight excluding hydrogens is 386 g/mol. The van der Waals surface area contributed by atoms with Gasteiger partial charge in [-0.25, -0.2) is 9.97 Å². The van der Waals surface area contributed by atoms with Crippen molar-refractivity contribution in [3.05, 3.63) is 77.1 Å². The maximum atomic E-state index is 12.8. The topological polar surface area (TPSA) is 85.7 Å². The molecule has 4 rings (SSSR count). The van der Waals surface area contributed by atoms with E-state index in [0.717, 1.165) is 16.6 Å². The van der Waals surface area contributed by atoms with Gasteiger partial charge in [-0.2, -0.15) is 5.26 Å². The van der Waals surface area contributed by atoms with Gasteiger partial charge in [0.2, 0.25) is 0 Å². The van der Waals surface area contributed by atoms with Gasteiger partial charge in [-0.3, -0.25) is 13.9 Å². The van der Waals surface area contributed by atoms with Crippen LogP contribution in [0.4, 0.5) is 0 Å². The number of nitriles is 1. The van der Waals surface area contributed by atoms with E-state index in [1.165, 1.54) is 16.3 Å². The lowest BCUT2D eigenvalue weighted by molar-refractivity contribution is 0.414. The monoisotopic (exact) mass is 403 g/mol. The third-order valence-electron chi connectivity index (χ3n) is 4.46. The molecular formula is C21H17N5O2S. The summed E-state index contributed by atoms with van der Waals surface area (Å²) in [5.41, 5.74) is 1.37. The van der Waals surface area contributed by atoms with Crippen LogP contribution in [0.2, 0.25) is 0 Å². The van der Waals surface area contributed by atoms with Crippen LogP contribution in [-0.4, -0.2) is 26.2 Å². The first-order chi connectivity index (χ1) is 14.2. The van der Waals surface area contributed by atoms with Crippen LogP contribution in [0.15, 0.2) is 70.9 Å². The standard InChI is InChI=1S/C21H17N5O2S/c1-28-16-8-6-15(7-9-16)25-13-11-23-21(25)29-14-19-24-18-5-3-2-4-17(18)20(27)26(19)12-10-22/h2-9,11,13H,12,14H2,1H3. The number of nitrogens with zero attached hydrogens (tertiary/aromatic N) is 5. The molecule has 144 valence electrons. The SMILES string of the molecule is COc1ccc(-n2ccnc2SCc2nc3ccccc3c(=O)n2CC#N)cc1. The van der Waals surface area contributed by atoms with Crippen LogP contribution in [-0.2, 0) is 12.3 Å². The number of imidazole rings is 1. The molecule has 8 heteroatoms. The number of hydrogen-bond donors (Lipinski definition) is 0. The van der Waals surface area contributed by atoms with E-state index in [1.807, 2.05) is 41.1 Å². The summed E-state index contributed by atoms with van der Waals surface area (Å²) in [6.07, 6.45) is 3.60. The number of methoxy groups -OCH3 is 1. The number of ether oxygens (including phenoxy) is 1. The van der Waals surface area contributed by atoms with Crippen molar-refractivity contribution < 1.29 is 4.74 Å². The van der Waals surface area contributed by atoms with E-state index in [-0.39, 0.29) is 12.1 Å². The third-order valence-corrected chi connectivity index (χ3v) is 5.42. The highest BCUT2D eigenvalue weighted by Crippen LogP contribution is 2.25. The van der Waals surface area contributed by atoms with E-state index in [4.69, 9.17) is 10.00 Å². The molecule has 0 aliphatic carbocycles. The maximum Gasteiger partial charge on any atom is 0.262 e. The van der Waals surface area contributed by atoms with E-state index >= 15 is 0 Å². The zero-order valence-corrected chi connectivity index (χ0v) is 16.5. The maximum absolute atomic E-state index is 12.8. The van der Waals surface area contributed by atoms with Gasteiger partial charge in [0.1, 0.15) is 18.1 Å². The van der Waals surface area contributed by atoms with Gasteiger partial charge in [0.25, 0.3) is 5.56 Å². The van der Waals surface area contributed by atoms with E-state index in [2.05, 4.69) is 16.0 Å². The van der Waals surface area contributed by atoms with Crippen LogP contribution in [0.1, 0.15) is 5.82 Å². The van der Waals surface area contributed by atoms with Gasteiger partial charge in [-0.15, -0.1) is 0 Å². The lowest BCUT2D eigenvalue weighted by atomic mass is 10.2. The van der Waals surface area contributed by atoms with Gasteiger partial charge in [0.05, 0.1) is 29.8 Å². The Balaban J connectivity index is 1.65. The third kappa shape index (κ3) is 3.73. The van der Waals surface area contributed by atoms with Gasteiger partial charge in [0, 0.05) is 18.1 Å². The normalized spacial score (nSPS) is 10.8. The Morgan fingerprint density at radius 2 is 1.97 bits per heavy atom. The fourth-order valence-electron chi connectivity index (χ4n) is 3.02. The van der Waals surface area contributed by atoms with Crippen molar-refractivity contribution in [3.8, 4) is 17.5 Å². The quantitative estimate of drug-likeness (QED) is 0.459. The molecule has 0 N–H and O–H groups in total. The Bertz CT molecular complexity index is 1250. The fraction of sp³-hybridized carbons (Fsp3) is 0.143. The number of hydrogen-bond acceptors (Lipinski definition) is 6. The van der Waals surface area contributed by atoms with Gasteiger partial charge < -0.3 is 4.74 Å². The highest BCUT2D eigenvalue weighted by atomic mass is 32.2. The lowest BCUT2D eigenvalue weighted by Gasteiger charge is -2.11. The van der Waals surface area contributed by atoms with Gasteiger partial charge in [-0.05, 0) is 36.4 Å². The Kier molecular flexibility index (Phi) is 5.31. The summed E-state index contributed by atoms with van der Waals surface area (Å²) in [6, 6.07) is 16.9. The number of fused-ring (bicyclic) bond motifs is 1. The summed E-state index contributed by atoms with van der Waals surface area (Å²) >= 11 is 1.46. The summed E-state index contributed by atoms with van der Waals surface area (Å²) in [5, 5.41) is 10.4. The summed E-state index contributed by atoms with van der Waals surface area (Å²) in [7, 11) is 1.63. The molecule has 0 saturated heterocycles. The summed E-state index contributed by atoms with van der Waals surface area (Å²) in [5.74, 6) is 1.74. The molecule has 2 heterocycles. The number of thioether (sulfide) groups is 1. The van der Waals surface area contributed by atoms with Crippen LogP contribution >= 0.6 is 11.8 Å². The number of benzene rings is 2. The minimum absolute atomic E-state index is 0.0422. The largest absolute Gasteiger partial charge is 0.497 e. The molecule has 0 saturated carbocycles. The average molecular weight is 403 g/mol. The van der Waals surface area contributed by atoms with Crippen LogP contribution in [0, 0.1) is 11.3 Å². The molecule has 0 bridgehead atoms. The van der Waals surface area contributed by atoms with Crippen LogP contribution < -0.4 is 10.3 Å². The molecule has 0 radical (unpaired) electrons. The second-order valence-electron chi connectivity index (χ2n) is 6.16. The van der Waals surface area contributed by atoms with Crippen molar-refractivity contribution in [3.63, 3.8) is 0 Å². The van der Waals surface area contributed by atoms with E-state index in [1.54, 1.807) is 31.5 Å². The Labute approximate surface area is 171 Å². The van der Waals surface area contributed by atoms with Crippen molar-refractivity contribution in [2.24, 2.45) is 0 Å². The molecule has 2 aromatic heterocycles. The Morgan fingerprint density at radius 1 is 1.17 bits per heavy atom. The van der Waals surface area contributed by atoms with Crippen molar-refractivity contribution in [2.75, 3.05) is 7.11 Å². The molecule has 0 aliphatic rings. The fourth-order valence-corrected chi connectivity index (χ4v) is 3.94. The summed E-state index contributed by atoms with van der Waals surface area (Å²) in [4.78, 5) is 21.8. The van der Waals surface area contributed by atoms with Gasteiger partial charge >= 0.3 is 0 Å². The summed E-state index contributed by atoms with van der Waals surface area (Å²) < 4.78 is 8.59. The zero-order valence-electron chi connectivity index (χ0n) is 15.6. The molecule has 0 fully saturated rings. The first-order valence-corrected chi connectivity index (χ1v) is 9.86. The second kappa shape index (κ2) is 8.20. The molecule has 0 unspecified atom stereocenters. The molecule has 2 aromatic carbocycles. The van der Waals surface area contributed by atoms with E-state index in [0.29, 0.717) is 22.5 Å². The van der Waals surface area contributed by atoms with Crippen molar-refractivity contribution >= 4 is 22.7 Å². The highest BCUT2D eigenvalue weighted by molar-refractivity contribution is 7.98. The van der Waals surface area contributed by atoms with Gasteiger partial charge in [-0.1, -0.05) is 23.9 Å². The van der Waals surface area contributed by atoms with Crippen LogP contribution in [0.3, 0.4) is 0 Å². The molecule has 0 atom stereocenters. The average Bonchev–Trinajstić information content (AvgIpc) is 3.23. The molecule has 7 nitrogen and oxygen atoms in total. The van der Waals surface area contributed by atoms with E-state index in [9.17, 15) is 4.79 Å². The van der Waals surface area contributed by atoms with Crippen LogP contribution in [0.25, 0.3) is 16.6 Å². The Hall–Kier alpha value is -3.57. The minimum Gasteiger partial charge on any atom is -0.497 e. The number of para-hydroxylation sites is 1. The molecule has 29 heavy (non-hydrogen) atoms.